The second-order valence-corrected chi connectivity index (χ2v) is 7.47. The van der Waals surface area contributed by atoms with Crippen LogP contribution in [0.15, 0.2) is 77.7 Å². The fourth-order valence-electron chi connectivity index (χ4n) is 2.48. The van der Waals surface area contributed by atoms with E-state index >= 15 is 0 Å². The number of sulfonamides is 1. The van der Waals surface area contributed by atoms with Gasteiger partial charge in [0.15, 0.2) is 0 Å². The Kier molecular flexibility index (Phi) is 5.60. The number of para-hydroxylation sites is 1. The Hall–Kier alpha value is -3.39. The standard InChI is InChI=1S/C20H17FN2O4S/c1-27-19-5-3-2-4-18(19)20(24)22-15-8-10-16(11-9-15)23-28(25,26)17-12-6-14(21)7-13-17/h2-13,23H,1H3,(H,22,24). The topological polar surface area (TPSA) is 84.5 Å². The number of halogens is 1. The summed E-state index contributed by atoms with van der Waals surface area (Å²) in [5.74, 6) is -0.421. The molecule has 0 radical (unpaired) electrons. The van der Waals surface area contributed by atoms with Crippen molar-refractivity contribution < 1.29 is 22.3 Å². The highest BCUT2D eigenvalue weighted by Crippen LogP contribution is 2.21. The zero-order valence-corrected chi connectivity index (χ0v) is 15.7. The Balaban J connectivity index is 1.71. The average Bonchev–Trinajstić information content (AvgIpc) is 2.69. The zero-order valence-electron chi connectivity index (χ0n) is 14.8. The minimum atomic E-state index is -3.84. The smallest absolute Gasteiger partial charge is 0.261 e. The van der Waals surface area contributed by atoms with Crippen LogP contribution in [0, 0.1) is 5.82 Å². The summed E-state index contributed by atoms with van der Waals surface area (Å²) in [5, 5.41) is 2.72. The van der Waals surface area contributed by atoms with Crippen molar-refractivity contribution in [1.29, 1.82) is 0 Å². The normalized spacial score (nSPS) is 10.9. The third-order valence-corrected chi connectivity index (χ3v) is 5.27. The molecular formula is C20H17FN2O4S. The number of methoxy groups -OCH3 is 1. The number of hydrogen-bond acceptors (Lipinski definition) is 4. The number of carbonyl (C=O) groups is 1. The second kappa shape index (κ2) is 8.10. The first kappa shape index (κ1) is 19.4. The second-order valence-electron chi connectivity index (χ2n) is 5.79. The van der Waals surface area contributed by atoms with Gasteiger partial charge in [-0.3, -0.25) is 9.52 Å². The molecule has 144 valence electrons. The van der Waals surface area contributed by atoms with Crippen molar-refractivity contribution in [2.24, 2.45) is 0 Å². The number of rotatable bonds is 6. The van der Waals surface area contributed by atoms with Gasteiger partial charge in [0.1, 0.15) is 11.6 Å². The van der Waals surface area contributed by atoms with Crippen LogP contribution in [0.4, 0.5) is 15.8 Å². The van der Waals surface area contributed by atoms with Crippen molar-refractivity contribution in [3.63, 3.8) is 0 Å². The van der Waals surface area contributed by atoms with E-state index in [1.807, 2.05) is 0 Å². The third-order valence-electron chi connectivity index (χ3n) is 3.87. The van der Waals surface area contributed by atoms with Crippen molar-refractivity contribution >= 4 is 27.3 Å². The Labute approximate surface area is 162 Å². The molecule has 3 aromatic rings. The first-order valence-electron chi connectivity index (χ1n) is 8.22. The maximum atomic E-state index is 13.0. The third kappa shape index (κ3) is 4.47. The summed E-state index contributed by atoms with van der Waals surface area (Å²) >= 11 is 0. The molecule has 0 aliphatic carbocycles. The van der Waals surface area contributed by atoms with Gasteiger partial charge in [0.2, 0.25) is 0 Å². The van der Waals surface area contributed by atoms with Gasteiger partial charge in [-0.1, -0.05) is 12.1 Å². The summed E-state index contributed by atoms with van der Waals surface area (Å²) in [6.45, 7) is 0. The lowest BCUT2D eigenvalue weighted by Crippen LogP contribution is -2.14. The van der Waals surface area contributed by atoms with Crippen LogP contribution in [0.25, 0.3) is 0 Å². The Morgan fingerprint density at radius 1 is 0.893 bits per heavy atom. The predicted molar refractivity (Wildman–Crippen MR) is 105 cm³/mol. The van der Waals surface area contributed by atoms with Gasteiger partial charge in [-0.25, -0.2) is 12.8 Å². The van der Waals surface area contributed by atoms with Crippen LogP contribution < -0.4 is 14.8 Å². The first-order chi connectivity index (χ1) is 13.4. The summed E-state index contributed by atoms with van der Waals surface area (Å²) in [5.41, 5.74) is 1.17. The number of amides is 1. The molecule has 0 aliphatic heterocycles. The minimum absolute atomic E-state index is 0.0533. The summed E-state index contributed by atoms with van der Waals surface area (Å²) in [4.78, 5) is 12.3. The molecular weight excluding hydrogens is 383 g/mol. The van der Waals surface area contributed by atoms with Crippen molar-refractivity contribution in [2.75, 3.05) is 17.1 Å². The lowest BCUT2D eigenvalue weighted by atomic mass is 10.2. The molecule has 1 amide bonds. The van der Waals surface area contributed by atoms with Crippen LogP contribution in [-0.4, -0.2) is 21.4 Å². The molecule has 8 heteroatoms. The number of ether oxygens (including phenoxy) is 1. The molecule has 3 rings (SSSR count). The maximum absolute atomic E-state index is 13.0. The highest BCUT2D eigenvalue weighted by molar-refractivity contribution is 7.92. The van der Waals surface area contributed by atoms with E-state index in [1.165, 1.54) is 31.4 Å². The molecule has 0 unspecified atom stereocenters. The van der Waals surface area contributed by atoms with Crippen LogP contribution in [0.5, 0.6) is 5.75 Å². The number of anilines is 2. The van der Waals surface area contributed by atoms with E-state index < -0.39 is 15.8 Å². The molecule has 6 nitrogen and oxygen atoms in total. The van der Waals surface area contributed by atoms with E-state index in [2.05, 4.69) is 10.0 Å². The molecule has 0 aromatic heterocycles. The quantitative estimate of drug-likeness (QED) is 0.658. The first-order valence-corrected chi connectivity index (χ1v) is 9.70. The molecule has 3 aromatic carbocycles. The van der Waals surface area contributed by atoms with Gasteiger partial charge < -0.3 is 10.1 Å². The molecule has 2 N–H and O–H groups in total. The van der Waals surface area contributed by atoms with E-state index in [9.17, 15) is 17.6 Å². The largest absolute Gasteiger partial charge is 0.496 e. The van der Waals surface area contributed by atoms with Crippen molar-refractivity contribution in [2.45, 2.75) is 4.90 Å². The Bertz CT molecular complexity index is 1080. The summed E-state index contributed by atoms with van der Waals surface area (Å²) < 4.78 is 45.2. The van der Waals surface area contributed by atoms with Gasteiger partial charge in [0.25, 0.3) is 15.9 Å². The Morgan fingerprint density at radius 2 is 1.50 bits per heavy atom. The van der Waals surface area contributed by atoms with Crippen LogP contribution >= 0.6 is 0 Å². The molecule has 0 spiro atoms. The lowest BCUT2D eigenvalue weighted by molar-refractivity contribution is 0.102. The molecule has 0 saturated carbocycles. The summed E-state index contributed by atoms with van der Waals surface area (Å²) in [6, 6.07) is 17.5. The molecule has 0 fully saturated rings. The highest BCUT2D eigenvalue weighted by atomic mass is 32.2. The zero-order chi connectivity index (χ0) is 20.1. The molecule has 28 heavy (non-hydrogen) atoms. The monoisotopic (exact) mass is 400 g/mol. The van der Waals surface area contributed by atoms with Crippen molar-refractivity contribution in [3.05, 3.63) is 84.2 Å². The van der Waals surface area contributed by atoms with Gasteiger partial charge in [-0.15, -0.1) is 0 Å². The molecule has 0 aliphatic rings. The van der Waals surface area contributed by atoms with Gasteiger partial charge in [0, 0.05) is 11.4 Å². The van der Waals surface area contributed by atoms with Gasteiger partial charge >= 0.3 is 0 Å². The molecule has 0 heterocycles. The maximum Gasteiger partial charge on any atom is 0.261 e. The number of benzene rings is 3. The SMILES string of the molecule is COc1ccccc1C(=O)Nc1ccc(NS(=O)(=O)c2ccc(F)cc2)cc1. The average molecular weight is 400 g/mol. The lowest BCUT2D eigenvalue weighted by Gasteiger charge is -2.11. The van der Waals surface area contributed by atoms with Gasteiger partial charge in [0.05, 0.1) is 17.6 Å². The van der Waals surface area contributed by atoms with E-state index in [0.29, 0.717) is 22.7 Å². The minimum Gasteiger partial charge on any atom is -0.496 e. The molecule has 0 saturated heterocycles. The van der Waals surface area contributed by atoms with Crippen LogP contribution in [0.3, 0.4) is 0 Å². The van der Waals surface area contributed by atoms with Crippen molar-refractivity contribution in [1.82, 2.24) is 0 Å². The summed E-state index contributed by atoms with van der Waals surface area (Å²) in [7, 11) is -2.36. The van der Waals surface area contributed by atoms with Crippen LogP contribution in [-0.2, 0) is 10.0 Å². The number of carbonyl (C=O) groups excluding carboxylic acids is 1. The predicted octanol–water partition coefficient (Wildman–Crippen LogP) is 3.89. The van der Waals surface area contributed by atoms with Crippen LogP contribution in [0.2, 0.25) is 0 Å². The number of nitrogens with one attached hydrogen (secondary N) is 2. The highest BCUT2D eigenvalue weighted by Gasteiger charge is 2.15. The van der Waals surface area contributed by atoms with E-state index in [4.69, 9.17) is 4.74 Å². The number of hydrogen-bond donors (Lipinski definition) is 2. The fraction of sp³-hybridized carbons (Fsp3) is 0.0500. The summed E-state index contributed by atoms with van der Waals surface area (Å²) in [6.07, 6.45) is 0. The molecule has 0 bridgehead atoms. The van der Waals surface area contributed by atoms with Crippen molar-refractivity contribution in [3.8, 4) is 5.75 Å². The van der Waals surface area contributed by atoms with E-state index in [-0.39, 0.29) is 10.8 Å². The van der Waals surface area contributed by atoms with E-state index in [1.54, 1.807) is 36.4 Å². The van der Waals surface area contributed by atoms with Gasteiger partial charge in [-0.2, -0.15) is 0 Å². The fourth-order valence-corrected chi connectivity index (χ4v) is 3.54. The van der Waals surface area contributed by atoms with Gasteiger partial charge in [-0.05, 0) is 60.7 Å². The van der Waals surface area contributed by atoms with E-state index in [0.717, 1.165) is 12.1 Å². The molecule has 0 atom stereocenters. The Morgan fingerprint density at radius 3 is 2.14 bits per heavy atom. The van der Waals surface area contributed by atoms with Crippen LogP contribution in [0.1, 0.15) is 10.4 Å².